The number of carbonyl (C=O) groups excluding carboxylic acids is 1. The van der Waals surface area contributed by atoms with Gasteiger partial charge in [-0.3, -0.25) is 4.79 Å². The van der Waals surface area contributed by atoms with E-state index in [4.69, 9.17) is 16.3 Å². The molecular weight excluding hydrogens is 408 g/mol. The van der Waals surface area contributed by atoms with Crippen LogP contribution in [0.5, 0.6) is 11.5 Å². The normalized spacial score (nSPS) is 17.3. The fraction of sp³-hybridized carbons (Fsp3) is 0.278. The topological polar surface area (TPSA) is 75.7 Å². The van der Waals surface area contributed by atoms with Crippen LogP contribution >= 0.6 is 23.4 Å². The SMILES string of the molecule is Cc1ccc2c(c1)Oc1cc(Cl)c(S(=O)(=O)N3CCSCC3)cc1C(=O)N2. The minimum Gasteiger partial charge on any atom is -0.454 e. The molecule has 0 saturated carbocycles. The van der Waals surface area contributed by atoms with E-state index < -0.39 is 15.9 Å². The smallest absolute Gasteiger partial charge is 0.259 e. The van der Waals surface area contributed by atoms with Crippen molar-refractivity contribution in [3.63, 3.8) is 0 Å². The molecule has 1 saturated heterocycles. The molecule has 4 rings (SSSR count). The highest BCUT2D eigenvalue weighted by Crippen LogP contribution is 2.40. The molecule has 0 radical (unpaired) electrons. The lowest BCUT2D eigenvalue weighted by Crippen LogP contribution is -2.38. The molecule has 0 aromatic heterocycles. The molecule has 2 aromatic rings. The quantitative estimate of drug-likeness (QED) is 0.794. The molecule has 9 heteroatoms. The number of hydrogen-bond donors (Lipinski definition) is 1. The maximum absolute atomic E-state index is 13.0. The number of nitrogens with zero attached hydrogens (tertiary/aromatic N) is 1. The van der Waals surface area contributed by atoms with Gasteiger partial charge in [-0.1, -0.05) is 17.7 Å². The van der Waals surface area contributed by atoms with Crippen LogP contribution in [0.1, 0.15) is 15.9 Å². The van der Waals surface area contributed by atoms with Crippen LogP contribution in [0.4, 0.5) is 5.69 Å². The summed E-state index contributed by atoms with van der Waals surface area (Å²) in [5, 5.41) is 2.80. The zero-order valence-electron chi connectivity index (χ0n) is 14.5. The third-order valence-electron chi connectivity index (χ3n) is 4.47. The predicted octanol–water partition coefficient (Wildman–Crippen LogP) is 3.74. The van der Waals surface area contributed by atoms with E-state index in [-0.39, 0.29) is 21.2 Å². The van der Waals surface area contributed by atoms with Gasteiger partial charge in [0.05, 0.1) is 16.3 Å². The van der Waals surface area contributed by atoms with Crippen molar-refractivity contribution in [2.75, 3.05) is 29.9 Å². The van der Waals surface area contributed by atoms with Crippen molar-refractivity contribution < 1.29 is 17.9 Å². The van der Waals surface area contributed by atoms with E-state index in [0.29, 0.717) is 24.5 Å². The zero-order valence-corrected chi connectivity index (χ0v) is 16.9. The molecule has 0 atom stereocenters. The van der Waals surface area contributed by atoms with Crippen molar-refractivity contribution in [1.82, 2.24) is 4.31 Å². The summed E-state index contributed by atoms with van der Waals surface area (Å²) in [5.41, 5.74) is 1.63. The Kier molecular flexibility index (Phi) is 4.84. The van der Waals surface area contributed by atoms with Gasteiger partial charge in [0.25, 0.3) is 5.91 Å². The highest BCUT2D eigenvalue weighted by molar-refractivity contribution is 7.99. The van der Waals surface area contributed by atoms with Crippen LogP contribution in [0.25, 0.3) is 0 Å². The summed E-state index contributed by atoms with van der Waals surface area (Å²) in [6.07, 6.45) is 0. The largest absolute Gasteiger partial charge is 0.454 e. The number of fused-ring (bicyclic) bond motifs is 2. The molecule has 1 amide bonds. The number of nitrogens with one attached hydrogen (secondary N) is 1. The highest BCUT2D eigenvalue weighted by Gasteiger charge is 2.31. The van der Waals surface area contributed by atoms with Gasteiger partial charge in [-0.2, -0.15) is 16.1 Å². The molecule has 1 N–H and O–H groups in total. The van der Waals surface area contributed by atoms with Gasteiger partial charge in [0.2, 0.25) is 10.0 Å². The molecule has 1 fully saturated rings. The van der Waals surface area contributed by atoms with E-state index in [9.17, 15) is 13.2 Å². The lowest BCUT2D eigenvalue weighted by atomic mass is 10.2. The standard InChI is InChI=1S/C18H17ClN2O4S2/c1-11-2-3-14-16(8-11)25-15-10-13(19)17(9-12(15)18(22)20-14)27(23,24)21-4-6-26-7-5-21/h2-3,8-10H,4-7H2,1H3,(H,20,22). The number of sulfonamides is 1. The van der Waals surface area contributed by atoms with E-state index in [0.717, 1.165) is 17.1 Å². The highest BCUT2D eigenvalue weighted by atomic mass is 35.5. The van der Waals surface area contributed by atoms with Crippen LogP contribution in [0.2, 0.25) is 5.02 Å². The van der Waals surface area contributed by atoms with E-state index >= 15 is 0 Å². The fourth-order valence-electron chi connectivity index (χ4n) is 3.05. The molecule has 2 aliphatic heterocycles. The van der Waals surface area contributed by atoms with Gasteiger partial charge in [0, 0.05) is 30.7 Å². The molecule has 6 nitrogen and oxygen atoms in total. The molecule has 0 unspecified atom stereocenters. The maximum atomic E-state index is 13.0. The number of hydrogen-bond acceptors (Lipinski definition) is 5. The van der Waals surface area contributed by atoms with Gasteiger partial charge >= 0.3 is 0 Å². The molecule has 0 bridgehead atoms. The number of aryl methyl sites for hydroxylation is 1. The van der Waals surface area contributed by atoms with E-state index in [1.807, 2.05) is 13.0 Å². The third-order valence-corrected chi connectivity index (χ3v) is 7.78. The Morgan fingerprint density at radius 1 is 1.15 bits per heavy atom. The number of halogens is 1. The number of anilines is 1. The van der Waals surface area contributed by atoms with Gasteiger partial charge in [-0.05, 0) is 30.7 Å². The molecule has 0 aliphatic carbocycles. The molecule has 2 heterocycles. The number of benzene rings is 2. The second kappa shape index (κ2) is 7.01. The number of amides is 1. The molecule has 27 heavy (non-hydrogen) atoms. The Morgan fingerprint density at radius 2 is 1.89 bits per heavy atom. The van der Waals surface area contributed by atoms with Crippen LogP contribution in [-0.4, -0.2) is 43.2 Å². The van der Waals surface area contributed by atoms with Crippen LogP contribution in [0.3, 0.4) is 0 Å². The zero-order chi connectivity index (χ0) is 19.2. The van der Waals surface area contributed by atoms with E-state index in [1.165, 1.54) is 16.4 Å². The summed E-state index contributed by atoms with van der Waals surface area (Å²) in [5.74, 6) is 1.76. The van der Waals surface area contributed by atoms with Crippen LogP contribution in [0.15, 0.2) is 35.2 Å². The molecule has 2 aliphatic rings. The van der Waals surface area contributed by atoms with Gasteiger partial charge < -0.3 is 10.1 Å². The van der Waals surface area contributed by atoms with Crippen LogP contribution < -0.4 is 10.1 Å². The maximum Gasteiger partial charge on any atom is 0.259 e. The van der Waals surface area contributed by atoms with Crippen molar-refractivity contribution in [2.45, 2.75) is 11.8 Å². The number of rotatable bonds is 2. The lowest BCUT2D eigenvalue weighted by molar-refractivity contribution is 0.102. The first-order valence-electron chi connectivity index (χ1n) is 8.37. The molecule has 142 valence electrons. The first kappa shape index (κ1) is 18.6. The van der Waals surface area contributed by atoms with E-state index in [2.05, 4.69) is 5.32 Å². The van der Waals surface area contributed by atoms with Gasteiger partial charge in [0.15, 0.2) is 5.75 Å². The fourth-order valence-corrected chi connectivity index (χ4v) is 6.14. The summed E-state index contributed by atoms with van der Waals surface area (Å²) in [4.78, 5) is 12.6. The van der Waals surface area contributed by atoms with Crippen LogP contribution in [0, 0.1) is 6.92 Å². The first-order chi connectivity index (χ1) is 12.9. The Morgan fingerprint density at radius 3 is 2.63 bits per heavy atom. The predicted molar refractivity (Wildman–Crippen MR) is 107 cm³/mol. The monoisotopic (exact) mass is 424 g/mol. The van der Waals surface area contributed by atoms with Gasteiger partial charge in [-0.15, -0.1) is 0 Å². The van der Waals surface area contributed by atoms with Crippen molar-refractivity contribution >= 4 is 45.0 Å². The van der Waals surface area contributed by atoms with Crippen molar-refractivity contribution in [3.8, 4) is 11.5 Å². The lowest BCUT2D eigenvalue weighted by Gasteiger charge is -2.26. The Labute approximate surface area is 166 Å². The van der Waals surface area contributed by atoms with Crippen molar-refractivity contribution in [2.24, 2.45) is 0 Å². The molecule has 0 spiro atoms. The minimum atomic E-state index is -3.78. The second-order valence-electron chi connectivity index (χ2n) is 6.35. The average Bonchev–Trinajstić information content (AvgIpc) is 2.77. The summed E-state index contributed by atoms with van der Waals surface area (Å²) >= 11 is 8.01. The Bertz CT molecular complexity index is 1030. The van der Waals surface area contributed by atoms with Gasteiger partial charge in [0.1, 0.15) is 10.6 Å². The number of thioether (sulfide) groups is 1. The summed E-state index contributed by atoms with van der Waals surface area (Å²) < 4.78 is 33.3. The van der Waals surface area contributed by atoms with Crippen molar-refractivity contribution in [1.29, 1.82) is 0 Å². The Hall–Kier alpha value is -1.74. The van der Waals surface area contributed by atoms with Crippen molar-refractivity contribution in [3.05, 3.63) is 46.5 Å². The average molecular weight is 425 g/mol. The second-order valence-corrected chi connectivity index (χ2v) is 9.89. The summed E-state index contributed by atoms with van der Waals surface area (Å²) in [6, 6.07) is 8.12. The molecular formula is C18H17ClN2O4S2. The first-order valence-corrected chi connectivity index (χ1v) is 11.3. The summed E-state index contributed by atoms with van der Waals surface area (Å²) in [7, 11) is -3.78. The third kappa shape index (κ3) is 3.42. The van der Waals surface area contributed by atoms with E-state index in [1.54, 1.807) is 23.9 Å². The number of carbonyl (C=O) groups is 1. The summed E-state index contributed by atoms with van der Waals surface area (Å²) in [6.45, 7) is 2.76. The van der Waals surface area contributed by atoms with Gasteiger partial charge in [-0.25, -0.2) is 8.42 Å². The minimum absolute atomic E-state index is 0.0379. The Balaban J connectivity index is 1.79. The molecule has 2 aromatic carbocycles. The number of ether oxygens (including phenoxy) is 1. The van der Waals surface area contributed by atoms with Crippen LogP contribution in [-0.2, 0) is 10.0 Å².